The Morgan fingerprint density at radius 3 is 2.12 bits per heavy atom. The Morgan fingerprint density at radius 2 is 1.75 bits per heavy atom. The standard InChI is InChI=1S/C12H17N3O4S.C2H6.I2/c1-8(2)14-15(3)9-5-6-10(12(16)19-4)11(7-9)20(13,17)18;2*1-2/h5-7H,1-4H3,(H2,13,17,18);1-2H3;. The van der Waals surface area contributed by atoms with Crippen LogP contribution in [-0.2, 0) is 14.8 Å². The number of hydrazone groups is 1. The lowest BCUT2D eigenvalue weighted by molar-refractivity contribution is 0.0596. The van der Waals surface area contributed by atoms with Crippen molar-refractivity contribution in [2.24, 2.45) is 10.2 Å². The van der Waals surface area contributed by atoms with Gasteiger partial charge in [-0.2, -0.15) is 5.10 Å². The van der Waals surface area contributed by atoms with Crippen molar-refractivity contribution in [1.82, 2.24) is 0 Å². The molecular weight excluding hydrogens is 560 g/mol. The van der Waals surface area contributed by atoms with Crippen LogP contribution in [-0.4, -0.2) is 34.3 Å². The van der Waals surface area contributed by atoms with Crippen LogP contribution in [0.4, 0.5) is 5.69 Å². The third kappa shape index (κ3) is 8.58. The topological polar surface area (TPSA) is 102 Å². The van der Waals surface area contributed by atoms with Crippen LogP contribution in [0.1, 0.15) is 38.1 Å². The van der Waals surface area contributed by atoms with E-state index in [0.717, 1.165) is 5.71 Å². The highest BCUT2D eigenvalue weighted by molar-refractivity contribution is 15.0. The molecule has 0 atom stereocenters. The maximum atomic E-state index is 11.6. The summed E-state index contributed by atoms with van der Waals surface area (Å²) in [7, 11) is -1.22. The lowest BCUT2D eigenvalue weighted by Crippen LogP contribution is -2.19. The number of hydrogen-bond acceptors (Lipinski definition) is 6. The molecule has 0 spiro atoms. The summed E-state index contributed by atoms with van der Waals surface area (Å²) in [4.78, 5) is 11.3. The van der Waals surface area contributed by atoms with Crippen LogP contribution < -0.4 is 10.1 Å². The van der Waals surface area contributed by atoms with E-state index in [2.05, 4.69) is 47.1 Å². The number of benzene rings is 1. The zero-order valence-corrected chi connectivity index (χ0v) is 19.6. The second kappa shape index (κ2) is 12.8. The Kier molecular flexibility index (Phi) is 13.8. The second-order valence-electron chi connectivity index (χ2n) is 4.29. The second-order valence-corrected chi connectivity index (χ2v) is 5.82. The molecule has 24 heavy (non-hydrogen) atoms. The van der Waals surface area contributed by atoms with Crippen LogP contribution in [0.5, 0.6) is 0 Å². The van der Waals surface area contributed by atoms with Crippen LogP contribution in [0.25, 0.3) is 0 Å². The first kappa shape index (κ1) is 25.8. The molecule has 0 radical (unpaired) electrons. The molecule has 0 saturated carbocycles. The fraction of sp³-hybridized carbons (Fsp3) is 0.429. The minimum Gasteiger partial charge on any atom is -0.465 e. The Bertz CT molecular complexity index is 660. The zero-order valence-electron chi connectivity index (χ0n) is 14.5. The third-order valence-electron chi connectivity index (χ3n) is 2.40. The number of nitrogens with zero attached hydrogens (tertiary/aromatic N) is 2. The fourth-order valence-electron chi connectivity index (χ4n) is 1.58. The normalized spacial score (nSPS) is 9.54. The molecule has 1 rings (SSSR count). The molecule has 0 heterocycles. The van der Waals surface area contributed by atoms with E-state index in [-0.39, 0.29) is 10.5 Å². The molecule has 2 N–H and O–H groups in total. The predicted molar refractivity (Wildman–Crippen MR) is 116 cm³/mol. The van der Waals surface area contributed by atoms with Crippen molar-refractivity contribution < 1.29 is 17.9 Å². The van der Waals surface area contributed by atoms with Gasteiger partial charge in [0.05, 0.1) is 23.3 Å². The van der Waals surface area contributed by atoms with Crippen molar-refractivity contribution in [2.45, 2.75) is 32.6 Å². The number of carbonyl (C=O) groups excluding carboxylic acids is 1. The molecule has 0 bridgehead atoms. The molecule has 10 heteroatoms. The number of primary sulfonamides is 1. The summed E-state index contributed by atoms with van der Waals surface area (Å²) in [5.74, 6) is -0.765. The summed E-state index contributed by atoms with van der Waals surface area (Å²) in [6.07, 6.45) is 0. The number of esters is 1. The first-order valence-electron chi connectivity index (χ1n) is 6.81. The number of methoxy groups -OCH3 is 1. The monoisotopic (exact) mass is 583 g/mol. The van der Waals surface area contributed by atoms with Gasteiger partial charge in [-0.3, -0.25) is 5.01 Å². The summed E-state index contributed by atoms with van der Waals surface area (Å²) in [6.45, 7) is 7.61. The summed E-state index contributed by atoms with van der Waals surface area (Å²) < 4.78 is 27.7. The maximum Gasteiger partial charge on any atom is 0.339 e. The van der Waals surface area contributed by atoms with Gasteiger partial charge in [0.1, 0.15) is 0 Å². The highest BCUT2D eigenvalue weighted by Gasteiger charge is 2.21. The molecule has 0 saturated heterocycles. The predicted octanol–water partition coefficient (Wildman–Crippen LogP) is 3.75. The van der Waals surface area contributed by atoms with Gasteiger partial charge in [-0.1, -0.05) is 13.8 Å². The van der Waals surface area contributed by atoms with Gasteiger partial charge in [0.15, 0.2) is 0 Å². The molecule has 1 aromatic rings. The number of hydrogen-bond donors (Lipinski definition) is 1. The minimum absolute atomic E-state index is 0.107. The Morgan fingerprint density at radius 1 is 1.25 bits per heavy atom. The highest BCUT2D eigenvalue weighted by atomic mass is 128. The van der Waals surface area contributed by atoms with Crippen LogP contribution in [0.15, 0.2) is 28.2 Å². The lowest BCUT2D eigenvalue weighted by Gasteiger charge is -2.16. The van der Waals surface area contributed by atoms with Crippen LogP contribution in [0, 0.1) is 0 Å². The van der Waals surface area contributed by atoms with Crippen molar-refractivity contribution in [3.63, 3.8) is 0 Å². The molecule has 0 unspecified atom stereocenters. The molecule has 0 aliphatic rings. The molecule has 0 aromatic heterocycles. The zero-order chi connectivity index (χ0) is 19.5. The van der Waals surface area contributed by atoms with E-state index in [1.165, 1.54) is 24.3 Å². The van der Waals surface area contributed by atoms with E-state index in [1.807, 2.05) is 13.8 Å². The number of sulfonamides is 1. The number of nitrogens with two attached hydrogens (primary N) is 1. The molecule has 0 aliphatic carbocycles. The smallest absolute Gasteiger partial charge is 0.339 e. The van der Waals surface area contributed by atoms with Gasteiger partial charge in [0.25, 0.3) is 0 Å². The molecule has 7 nitrogen and oxygen atoms in total. The summed E-state index contributed by atoms with van der Waals surface area (Å²) >= 11 is 4.24. The third-order valence-corrected chi connectivity index (χ3v) is 3.35. The van der Waals surface area contributed by atoms with E-state index < -0.39 is 16.0 Å². The van der Waals surface area contributed by atoms with Gasteiger partial charge in [0.2, 0.25) is 10.0 Å². The van der Waals surface area contributed by atoms with Crippen molar-refractivity contribution >= 4 is 64.6 Å². The molecule has 0 amide bonds. The number of halogens is 2. The molecule has 1 aromatic carbocycles. The molecular formula is C14H23I2N3O4S. The van der Waals surface area contributed by atoms with Gasteiger partial charge in [-0.05, 0) is 32.0 Å². The van der Waals surface area contributed by atoms with Gasteiger partial charge in [0, 0.05) is 50.0 Å². The molecule has 0 fully saturated rings. The molecule has 138 valence electrons. The van der Waals surface area contributed by atoms with Crippen LogP contribution in [0.2, 0.25) is 0 Å². The molecule has 0 aliphatic heterocycles. The number of carbonyl (C=O) groups is 1. The summed E-state index contributed by atoms with van der Waals surface area (Å²) in [5, 5.41) is 10.8. The Hall–Kier alpha value is -0.470. The minimum atomic E-state index is -4.05. The number of anilines is 1. The van der Waals surface area contributed by atoms with E-state index in [4.69, 9.17) is 5.14 Å². The van der Waals surface area contributed by atoms with Crippen molar-refractivity contribution in [3.8, 4) is 0 Å². The van der Waals surface area contributed by atoms with E-state index in [1.54, 1.807) is 27.0 Å². The van der Waals surface area contributed by atoms with Crippen molar-refractivity contribution in [3.05, 3.63) is 23.8 Å². The van der Waals surface area contributed by atoms with Crippen LogP contribution >= 0.6 is 37.2 Å². The van der Waals surface area contributed by atoms with E-state index >= 15 is 0 Å². The quantitative estimate of drug-likeness (QED) is 0.252. The number of rotatable bonds is 4. The van der Waals surface area contributed by atoms with E-state index in [0.29, 0.717) is 5.69 Å². The largest absolute Gasteiger partial charge is 0.465 e. The average Bonchev–Trinajstić information content (AvgIpc) is 2.55. The van der Waals surface area contributed by atoms with Gasteiger partial charge in [-0.15, -0.1) is 0 Å². The highest BCUT2D eigenvalue weighted by Crippen LogP contribution is 2.23. The van der Waals surface area contributed by atoms with Gasteiger partial charge < -0.3 is 4.74 Å². The summed E-state index contributed by atoms with van der Waals surface area (Å²) in [5.41, 5.74) is 1.17. The average molecular weight is 583 g/mol. The van der Waals surface area contributed by atoms with Crippen LogP contribution in [0.3, 0.4) is 0 Å². The first-order valence-corrected chi connectivity index (χ1v) is 14.6. The maximum absolute atomic E-state index is 11.6. The number of ether oxygens (including phenoxy) is 1. The Balaban J connectivity index is 0. The van der Waals surface area contributed by atoms with Gasteiger partial charge in [-0.25, -0.2) is 18.4 Å². The first-order chi connectivity index (χ1) is 11.2. The fourth-order valence-corrected chi connectivity index (χ4v) is 2.33. The van der Waals surface area contributed by atoms with Gasteiger partial charge >= 0.3 is 5.97 Å². The van der Waals surface area contributed by atoms with E-state index in [9.17, 15) is 13.2 Å². The van der Waals surface area contributed by atoms with Crippen molar-refractivity contribution in [1.29, 1.82) is 0 Å². The summed E-state index contributed by atoms with van der Waals surface area (Å²) in [6, 6.07) is 4.19. The lowest BCUT2D eigenvalue weighted by atomic mass is 10.2. The Labute approximate surface area is 167 Å². The SMILES string of the molecule is CC.COC(=O)c1ccc(N(C)N=C(C)C)cc1S(N)(=O)=O.II. The van der Waals surface area contributed by atoms with Crippen molar-refractivity contribution in [2.75, 3.05) is 19.2 Å².